The topological polar surface area (TPSA) is 20.3 Å². The molecule has 2 heteroatoms. The number of amides is 1. The number of aryl methyl sites for hydroxylation is 1. The molecule has 0 radical (unpaired) electrons. The summed E-state index contributed by atoms with van der Waals surface area (Å²) in [6.07, 6.45) is 3.46. The van der Waals surface area contributed by atoms with Crippen LogP contribution in [0.2, 0.25) is 0 Å². The molecule has 16 heavy (non-hydrogen) atoms. The second-order valence-electron chi connectivity index (χ2n) is 3.86. The number of benzene rings is 1. The van der Waals surface area contributed by atoms with E-state index in [9.17, 15) is 4.79 Å². The van der Waals surface area contributed by atoms with Crippen molar-refractivity contribution in [2.75, 3.05) is 14.1 Å². The van der Waals surface area contributed by atoms with Crippen LogP contribution < -0.4 is 0 Å². The summed E-state index contributed by atoms with van der Waals surface area (Å²) >= 11 is 0. The summed E-state index contributed by atoms with van der Waals surface area (Å²) in [7, 11) is 3.47. The van der Waals surface area contributed by atoms with E-state index in [0.29, 0.717) is 5.57 Å². The van der Waals surface area contributed by atoms with Crippen molar-refractivity contribution in [3.8, 4) is 0 Å². The molecule has 0 unspecified atom stereocenters. The highest BCUT2D eigenvalue weighted by molar-refractivity contribution is 6.00. The highest BCUT2D eigenvalue weighted by atomic mass is 16.2. The molecule has 1 aromatic carbocycles. The van der Waals surface area contributed by atoms with Crippen molar-refractivity contribution in [2.45, 2.75) is 6.92 Å². The van der Waals surface area contributed by atoms with Gasteiger partial charge in [-0.3, -0.25) is 4.79 Å². The molecule has 0 aliphatic rings. The van der Waals surface area contributed by atoms with Crippen LogP contribution in [-0.2, 0) is 4.79 Å². The Labute approximate surface area is 96.9 Å². The maximum absolute atomic E-state index is 11.8. The summed E-state index contributed by atoms with van der Waals surface area (Å²) in [4.78, 5) is 13.3. The zero-order valence-electron chi connectivity index (χ0n) is 10.0. The number of hydrogen-bond donors (Lipinski definition) is 0. The van der Waals surface area contributed by atoms with Crippen LogP contribution in [0.25, 0.3) is 6.08 Å². The van der Waals surface area contributed by atoms with Crippen LogP contribution in [0.4, 0.5) is 0 Å². The summed E-state index contributed by atoms with van der Waals surface area (Å²) < 4.78 is 0. The van der Waals surface area contributed by atoms with Crippen LogP contribution in [0.3, 0.4) is 0 Å². The van der Waals surface area contributed by atoms with E-state index in [4.69, 9.17) is 0 Å². The predicted octanol–water partition coefficient (Wildman–Crippen LogP) is 2.65. The second kappa shape index (κ2) is 5.31. The van der Waals surface area contributed by atoms with Gasteiger partial charge in [0.1, 0.15) is 0 Å². The number of nitrogens with zero attached hydrogens (tertiary/aromatic N) is 1. The standard InChI is InChI=1S/C14H17NO/c1-5-12(14(16)15(3)4)10-13-9-7-6-8-11(13)2/h5-10H,1H2,2-4H3/b12-10+. The van der Waals surface area contributed by atoms with E-state index in [0.717, 1.165) is 11.1 Å². The van der Waals surface area contributed by atoms with E-state index < -0.39 is 0 Å². The molecule has 0 fully saturated rings. The van der Waals surface area contributed by atoms with Gasteiger partial charge in [0.25, 0.3) is 5.91 Å². The first-order chi connectivity index (χ1) is 7.56. The minimum absolute atomic E-state index is 0.0294. The van der Waals surface area contributed by atoms with Gasteiger partial charge in [-0.25, -0.2) is 0 Å². The van der Waals surface area contributed by atoms with Crippen molar-refractivity contribution in [1.82, 2.24) is 4.90 Å². The average Bonchev–Trinajstić information content (AvgIpc) is 2.27. The third-order valence-electron chi connectivity index (χ3n) is 2.37. The smallest absolute Gasteiger partial charge is 0.253 e. The van der Waals surface area contributed by atoms with E-state index >= 15 is 0 Å². The molecule has 0 heterocycles. The first kappa shape index (κ1) is 12.2. The molecule has 0 N–H and O–H groups in total. The van der Waals surface area contributed by atoms with Crippen LogP contribution in [0.5, 0.6) is 0 Å². The summed E-state index contributed by atoms with van der Waals surface area (Å²) in [5.74, 6) is -0.0294. The molecule has 0 bridgehead atoms. The van der Waals surface area contributed by atoms with Gasteiger partial charge in [-0.1, -0.05) is 36.9 Å². The molecular formula is C14H17NO. The van der Waals surface area contributed by atoms with Crippen LogP contribution in [-0.4, -0.2) is 24.9 Å². The van der Waals surface area contributed by atoms with Gasteiger partial charge in [0.15, 0.2) is 0 Å². The van der Waals surface area contributed by atoms with Crippen molar-refractivity contribution in [1.29, 1.82) is 0 Å². The third kappa shape index (κ3) is 2.83. The Morgan fingerprint density at radius 3 is 2.44 bits per heavy atom. The fourth-order valence-corrected chi connectivity index (χ4v) is 1.38. The fraction of sp³-hybridized carbons (Fsp3) is 0.214. The van der Waals surface area contributed by atoms with Crippen molar-refractivity contribution >= 4 is 12.0 Å². The van der Waals surface area contributed by atoms with E-state index in [1.165, 1.54) is 0 Å². The van der Waals surface area contributed by atoms with Crippen LogP contribution in [0, 0.1) is 6.92 Å². The van der Waals surface area contributed by atoms with E-state index in [2.05, 4.69) is 6.58 Å². The van der Waals surface area contributed by atoms with Crippen molar-refractivity contribution in [2.24, 2.45) is 0 Å². The monoisotopic (exact) mass is 215 g/mol. The maximum Gasteiger partial charge on any atom is 0.253 e. The van der Waals surface area contributed by atoms with Crippen molar-refractivity contribution in [3.63, 3.8) is 0 Å². The summed E-state index contributed by atoms with van der Waals surface area (Å²) in [6, 6.07) is 7.95. The molecule has 84 valence electrons. The van der Waals surface area contributed by atoms with Crippen molar-refractivity contribution in [3.05, 3.63) is 53.6 Å². The molecule has 1 rings (SSSR count). The maximum atomic E-state index is 11.8. The van der Waals surface area contributed by atoms with Gasteiger partial charge in [-0.15, -0.1) is 0 Å². The highest BCUT2D eigenvalue weighted by Crippen LogP contribution is 2.13. The first-order valence-electron chi connectivity index (χ1n) is 5.17. The molecule has 0 aliphatic carbocycles. The van der Waals surface area contributed by atoms with Gasteiger partial charge in [-0.05, 0) is 24.1 Å². The molecule has 0 aromatic heterocycles. The minimum atomic E-state index is -0.0294. The summed E-state index contributed by atoms with van der Waals surface area (Å²) in [6.45, 7) is 5.70. The van der Waals surface area contributed by atoms with Crippen LogP contribution in [0.1, 0.15) is 11.1 Å². The SMILES string of the molecule is C=C/C(=C\c1ccccc1C)C(=O)N(C)C. The normalized spacial score (nSPS) is 11.1. The molecule has 1 aromatic rings. The zero-order chi connectivity index (χ0) is 12.1. The number of carbonyl (C=O) groups excluding carboxylic acids is 1. The summed E-state index contributed by atoms with van der Waals surface area (Å²) in [5, 5.41) is 0. The van der Waals surface area contributed by atoms with Gasteiger partial charge in [0.05, 0.1) is 0 Å². The van der Waals surface area contributed by atoms with Crippen LogP contribution >= 0.6 is 0 Å². The van der Waals surface area contributed by atoms with E-state index in [-0.39, 0.29) is 5.91 Å². The second-order valence-corrected chi connectivity index (χ2v) is 3.86. The molecule has 0 atom stereocenters. The lowest BCUT2D eigenvalue weighted by atomic mass is 10.1. The van der Waals surface area contributed by atoms with Crippen molar-refractivity contribution < 1.29 is 4.79 Å². The number of carbonyl (C=O) groups is 1. The Morgan fingerprint density at radius 1 is 1.31 bits per heavy atom. The lowest BCUT2D eigenvalue weighted by Gasteiger charge is -2.11. The van der Waals surface area contributed by atoms with Gasteiger partial charge < -0.3 is 4.90 Å². The number of rotatable bonds is 3. The van der Waals surface area contributed by atoms with Gasteiger partial charge >= 0.3 is 0 Å². The summed E-state index contributed by atoms with van der Waals surface area (Å²) in [5.41, 5.74) is 2.81. The Kier molecular flexibility index (Phi) is 4.06. The van der Waals surface area contributed by atoms with Crippen LogP contribution in [0.15, 0.2) is 42.5 Å². The number of hydrogen-bond acceptors (Lipinski definition) is 1. The zero-order valence-corrected chi connectivity index (χ0v) is 10.0. The number of likely N-dealkylation sites (N-methyl/N-ethyl adjacent to an activating group) is 1. The lowest BCUT2D eigenvalue weighted by molar-refractivity contribution is -0.124. The quantitative estimate of drug-likeness (QED) is 0.560. The molecule has 0 aliphatic heterocycles. The molecule has 0 saturated carbocycles. The van der Waals surface area contributed by atoms with E-state index in [1.807, 2.05) is 37.3 Å². The van der Waals surface area contributed by atoms with Gasteiger partial charge in [0, 0.05) is 19.7 Å². The molecule has 1 amide bonds. The Morgan fingerprint density at radius 2 is 1.94 bits per heavy atom. The lowest BCUT2D eigenvalue weighted by Crippen LogP contribution is -2.22. The fourth-order valence-electron chi connectivity index (χ4n) is 1.38. The first-order valence-corrected chi connectivity index (χ1v) is 5.17. The molecule has 0 spiro atoms. The van der Waals surface area contributed by atoms with Gasteiger partial charge in [0.2, 0.25) is 0 Å². The molecular weight excluding hydrogens is 198 g/mol. The predicted molar refractivity (Wildman–Crippen MR) is 68.0 cm³/mol. The Bertz CT molecular complexity index is 430. The van der Waals surface area contributed by atoms with E-state index in [1.54, 1.807) is 25.1 Å². The molecule has 0 saturated heterocycles. The van der Waals surface area contributed by atoms with Gasteiger partial charge in [-0.2, -0.15) is 0 Å². The third-order valence-corrected chi connectivity index (χ3v) is 2.37. The molecule has 2 nitrogen and oxygen atoms in total. The Balaban J connectivity index is 3.11. The highest BCUT2D eigenvalue weighted by Gasteiger charge is 2.08. The average molecular weight is 215 g/mol. The largest absolute Gasteiger partial charge is 0.345 e. The Hall–Kier alpha value is -1.83. The minimum Gasteiger partial charge on any atom is -0.345 e.